The minimum absolute atomic E-state index is 0.437. The molecular weight excluding hydrogens is 214 g/mol. The number of hydrogen-bond donors (Lipinski definition) is 1. The van der Waals surface area contributed by atoms with Gasteiger partial charge in [0.05, 0.1) is 11.3 Å². The molecular formula is C14H19NO2. The Balaban J connectivity index is 2.37. The fourth-order valence-electron chi connectivity index (χ4n) is 2.55. The highest BCUT2D eigenvalue weighted by atomic mass is 16.4. The summed E-state index contributed by atoms with van der Waals surface area (Å²) in [5.74, 6) is -0.826. The zero-order chi connectivity index (χ0) is 12.3. The predicted molar refractivity (Wildman–Crippen MR) is 68.8 cm³/mol. The zero-order valence-corrected chi connectivity index (χ0v) is 10.3. The van der Waals surface area contributed by atoms with Crippen LogP contribution in [-0.2, 0) is 0 Å². The molecule has 1 aliphatic heterocycles. The fourth-order valence-corrected chi connectivity index (χ4v) is 2.55. The summed E-state index contributed by atoms with van der Waals surface area (Å²) in [5, 5.41) is 9.26. The molecule has 0 saturated carbocycles. The van der Waals surface area contributed by atoms with E-state index in [4.69, 9.17) is 0 Å². The van der Waals surface area contributed by atoms with Crippen LogP contribution < -0.4 is 4.90 Å². The van der Waals surface area contributed by atoms with Gasteiger partial charge in [-0.05, 0) is 31.4 Å². The summed E-state index contributed by atoms with van der Waals surface area (Å²) >= 11 is 0. The Labute approximate surface area is 102 Å². The number of para-hydroxylation sites is 1. The minimum atomic E-state index is -0.826. The van der Waals surface area contributed by atoms with Crippen molar-refractivity contribution in [3.63, 3.8) is 0 Å². The molecule has 0 bridgehead atoms. The van der Waals surface area contributed by atoms with E-state index in [9.17, 15) is 9.90 Å². The van der Waals surface area contributed by atoms with Crippen LogP contribution in [0.15, 0.2) is 18.2 Å². The maximum Gasteiger partial charge on any atom is 0.337 e. The fraction of sp³-hybridized carbons (Fsp3) is 0.500. The van der Waals surface area contributed by atoms with E-state index in [0.717, 1.165) is 37.2 Å². The molecule has 1 heterocycles. The zero-order valence-electron chi connectivity index (χ0n) is 10.3. The molecule has 3 nitrogen and oxygen atoms in total. The first-order valence-corrected chi connectivity index (χ1v) is 6.28. The first-order valence-electron chi connectivity index (χ1n) is 6.28. The molecule has 0 unspecified atom stereocenters. The third-order valence-corrected chi connectivity index (χ3v) is 3.39. The van der Waals surface area contributed by atoms with Gasteiger partial charge in [-0.3, -0.25) is 0 Å². The molecule has 3 heteroatoms. The molecule has 0 amide bonds. The van der Waals surface area contributed by atoms with Crippen LogP contribution in [0.5, 0.6) is 0 Å². The number of aryl methyl sites for hydroxylation is 1. The lowest BCUT2D eigenvalue weighted by Crippen LogP contribution is -2.26. The van der Waals surface area contributed by atoms with Crippen molar-refractivity contribution in [3.8, 4) is 0 Å². The van der Waals surface area contributed by atoms with E-state index in [1.54, 1.807) is 6.07 Å². The molecule has 0 radical (unpaired) electrons. The van der Waals surface area contributed by atoms with Gasteiger partial charge in [0.2, 0.25) is 0 Å². The van der Waals surface area contributed by atoms with Gasteiger partial charge >= 0.3 is 5.97 Å². The van der Waals surface area contributed by atoms with Crippen LogP contribution in [0, 0.1) is 6.92 Å². The summed E-state index contributed by atoms with van der Waals surface area (Å²) in [6.45, 7) is 3.95. The Bertz CT molecular complexity index is 407. The van der Waals surface area contributed by atoms with Gasteiger partial charge in [0.15, 0.2) is 0 Å². The number of carboxylic acid groups (broad SMARTS) is 1. The SMILES string of the molecule is Cc1cccc(C(=O)O)c1N1CCCCCC1. The molecule has 0 atom stereocenters. The molecule has 1 fully saturated rings. The molecule has 2 rings (SSSR count). The van der Waals surface area contributed by atoms with Gasteiger partial charge in [-0.25, -0.2) is 4.79 Å². The molecule has 17 heavy (non-hydrogen) atoms. The van der Waals surface area contributed by atoms with Crippen molar-refractivity contribution in [3.05, 3.63) is 29.3 Å². The van der Waals surface area contributed by atoms with Gasteiger partial charge in [0.1, 0.15) is 0 Å². The average molecular weight is 233 g/mol. The topological polar surface area (TPSA) is 40.5 Å². The number of carbonyl (C=O) groups is 1. The number of aromatic carboxylic acids is 1. The summed E-state index contributed by atoms with van der Waals surface area (Å²) < 4.78 is 0. The van der Waals surface area contributed by atoms with Crippen LogP contribution in [0.25, 0.3) is 0 Å². The summed E-state index contributed by atoms with van der Waals surface area (Å²) in [7, 11) is 0. The van der Waals surface area contributed by atoms with E-state index in [-0.39, 0.29) is 0 Å². The van der Waals surface area contributed by atoms with E-state index in [1.807, 2.05) is 19.1 Å². The molecule has 1 aromatic rings. The molecule has 1 N–H and O–H groups in total. The van der Waals surface area contributed by atoms with Crippen molar-refractivity contribution in [2.45, 2.75) is 32.6 Å². The number of benzene rings is 1. The lowest BCUT2D eigenvalue weighted by molar-refractivity contribution is 0.0697. The monoisotopic (exact) mass is 233 g/mol. The highest BCUT2D eigenvalue weighted by molar-refractivity contribution is 5.95. The van der Waals surface area contributed by atoms with Gasteiger partial charge < -0.3 is 10.0 Å². The first-order chi connectivity index (χ1) is 8.20. The Hall–Kier alpha value is -1.51. The highest BCUT2D eigenvalue weighted by Crippen LogP contribution is 2.27. The predicted octanol–water partition coefficient (Wildman–Crippen LogP) is 3.07. The molecule has 0 spiro atoms. The van der Waals surface area contributed by atoms with Crippen LogP contribution in [0.4, 0.5) is 5.69 Å². The highest BCUT2D eigenvalue weighted by Gasteiger charge is 2.18. The Morgan fingerprint density at radius 2 is 1.82 bits per heavy atom. The summed E-state index contributed by atoms with van der Waals surface area (Å²) in [4.78, 5) is 13.5. The van der Waals surface area contributed by atoms with E-state index in [2.05, 4.69) is 4.90 Å². The van der Waals surface area contributed by atoms with Gasteiger partial charge in [-0.15, -0.1) is 0 Å². The van der Waals surface area contributed by atoms with Gasteiger partial charge in [0.25, 0.3) is 0 Å². The number of carboxylic acids is 1. The first kappa shape index (κ1) is 12.0. The molecule has 1 aliphatic rings. The van der Waals surface area contributed by atoms with Gasteiger partial charge in [0, 0.05) is 13.1 Å². The van der Waals surface area contributed by atoms with Crippen molar-refractivity contribution >= 4 is 11.7 Å². The second-order valence-electron chi connectivity index (χ2n) is 4.68. The Kier molecular flexibility index (Phi) is 3.67. The van der Waals surface area contributed by atoms with Crippen molar-refractivity contribution in [2.24, 2.45) is 0 Å². The van der Waals surface area contributed by atoms with Crippen LogP contribution in [0.3, 0.4) is 0 Å². The number of hydrogen-bond acceptors (Lipinski definition) is 2. The molecule has 1 saturated heterocycles. The number of nitrogens with zero attached hydrogens (tertiary/aromatic N) is 1. The average Bonchev–Trinajstić information content (AvgIpc) is 2.57. The van der Waals surface area contributed by atoms with E-state index >= 15 is 0 Å². The van der Waals surface area contributed by atoms with Crippen molar-refractivity contribution < 1.29 is 9.90 Å². The number of rotatable bonds is 2. The Morgan fingerprint density at radius 3 is 2.41 bits per heavy atom. The lowest BCUT2D eigenvalue weighted by Gasteiger charge is -2.26. The summed E-state index contributed by atoms with van der Waals surface area (Å²) in [6.07, 6.45) is 4.83. The maximum absolute atomic E-state index is 11.3. The number of anilines is 1. The van der Waals surface area contributed by atoms with Crippen LogP contribution in [0.1, 0.15) is 41.6 Å². The summed E-state index contributed by atoms with van der Waals surface area (Å²) in [5.41, 5.74) is 2.42. The molecule has 92 valence electrons. The minimum Gasteiger partial charge on any atom is -0.478 e. The molecule has 1 aromatic carbocycles. The largest absolute Gasteiger partial charge is 0.478 e. The van der Waals surface area contributed by atoms with Crippen LogP contribution in [-0.4, -0.2) is 24.2 Å². The normalized spacial score (nSPS) is 16.6. The van der Waals surface area contributed by atoms with Crippen molar-refractivity contribution in [1.29, 1.82) is 0 Å². The van der Waals surface area contributed by atoms with Crippen LogP contribution in [0.2, 0.25) is 0 Å². The van der Waals surface area contributed by atoms with Crippen LogP contribution >= 0.6 is 0 Å². The third kappa shape index (κ3) is 2.60. The Morgan fingerprint density at radius 1 is 1.18 bits per heavy atom. The van der Waals surface area contributed by atoms with Crippen molar-refractivity contribution in [1.82, 2.24) is 0 Å². The quantitative estimate of drug-likeness (QED) is 0.853. The summed E-state index contributed by atoms with van der Waals surface area (Å²) in [6, 6.07) is 5.52. The lowest BCUT2D eigenvalue weighted by atomic mass is 10.1. The van der Waals surface area contributed by atoms with E-state index in [1.165, 1.54) is 12.8 Å². The van der Waals surface area contributed by atoms with Gasteiger partial charge in [-0.1, -0.05) is 25.0 Å². The van der Waals surface area contributed by atoms with Crippen molar-refractivity contribution in [2.75, 3.05) is 18.0 Å². The second-order valence-corrected chi connectivity index (χ2v) is 4.68. The van der Waals surface area contributed by atoms with E-state index in [0.29, 0.717) is 5.56 Å². The maximum atomic E-state index is 11.3. The molecule has 0 aliphatic carbocycles. The van der Waals surface area contributed by atoms with Gasteiger partial charge in [-0.2, -0.15) is 0 Å². The molecule has 0 aromatic heterocycles. The second kappa shape index (κ2) is 5.21. The third-order valence-electron chi connectivity index (χ3n) is 3.39. The smallest absolute Gasteiger partial charge is 0.337 e. The standard InChI is InChI=1S/C14H19NO2/c1-11-7-6-8-12(14(16)17)13(11)15-9-4-2-3-5-10-15/h6-8H,2-5,9-10H2,1H3,(H,16,17). The van der Waals surface area contributed by atoms with E-state index < -0.39 is 5.97 Å².